The van der Waals surface area contributed by atoms with Crippen LogP contribution in [-0.4, -0.2) is 36.9 Å². The molecule has 0 saturated heterocycles. The van der Waals surface area contributed by atoms with E-state index in [9.17, 15) is 4.79 Å². The molecular weight excluding hydrogens is 192 g/mol. The van der Waals surface area contributed by atoms with E-state index in [-0.39, 0.29) is 12.5 Å². The van der Waals surface area contributed by atoms with Gasteiger partial charge in [-0.25, -0.2) is 0 Å². The summed E-state index contributed by atoms with van der Waals surface area (Å²) in [6.45, 7) is -0.289. The van der Waals surface area contributed by atoms with Gasteiger partial charge in [0.1, 0.15) is 0 Å². The highest BCUT2D eigenvalue weighted by Gasteiger charge is 2.12. The number of nitrogens with zero attached hydrogens (tertiary/aromatic N) is 1. The van der Waals surface area contributed by atoms with Crippen LogP contribution in [0.1, 0.15) is 5.56 Å². The molecule has 0 fully saturated rings. The zero-order chi connectivity index (χ0) is 11.1. The zero-order valence-corrected chi connectivity index (χ0v) is 8.55. The molecular formula is C11H14N2O2. The Morgan fingerprint density at radius 1 is 1.53 bits per heavy atom. The topological polar surface area (TPSA) is 61.7 Å². The van der Waals surface area contributed by atoms with E-state index in [2.05, 4.69) is 10.3 Å². The molecule has 0 aromatic heterocycles. The largest absolute Gasteiger partial charge is 0.394 e. The van der Waals surface area contributed by atoms with Gasteiger partial charge in [0.05, 0.1) is 6.61 Å². The molecule has 0 spiro atoms. The third-order valence-corrected chi connectivity index (χ3v) is 1.93. The number of rotatable bonds is 4. The average molecular weight is 206 g/mol. The van der Waals surface area contributed by atoms with Crippen LogP contribution >= 0.6 is 0 Å². The Kier molecular flexibility index (Phi) is 4.50. The molecule has 0 saturated carbocycles. The fourth-order valence-corrected chi connectivity index (χ4v) is 1.08. The highest BCUT2D eigenvalue weighted by molar-refractivity contribution is 5.86. The number of aliphatic hydroxyl groups is 1. The first-order chi connectivity index (χ1) is 7.27. The van der Waals surface area contributed by atoms with Crippen molar-refractivity contribution in [3.05, 3.63) is 35.9 Å². The highest BCUT2D eigenvalue weighted by atomic mass is 16.3. The zero-order valence-electron chi connectivity index (χ0n) is 8.55. The number of benzene rings is 1. The lowest BCUT2D eigenvalue weighted by Gasteiger charge is -2.06. The maximum Gasteiger partial charge on any atom is 0.246 e. The van der Waals surface area contributed by atoms with Crippen molar-refractivity contribution in [2.75, 3.05) is 13.7 Å². The van der Waals surface area contributed by atoms with Crippen LogP contribution in [0.5, 0.6) is 0 Å². The summed E-state index contributed by atoms with van der Waals surface area (Å²) in [6, 6.07) is 8.70. The van der Waals surface area contributed by atoms with Crippen LogP contribution in [0.2, 0.25) is 0 Å². The Hall–Kier alpha value is -1.68. The second-order valence-corrected chi connectivity index (χ2v) is 3.00. The Morgan fingerprint density at radius 2 is 2.20 bits per heavy atom. The summed E-state index contributed by atoms with van der Waals surface area (Å²) in [4.78, 5) is 15.2. The van der Waals surface area contributed by atoms with Crippen molar-refractivity contribution < 1.29 is 9.90 Å². The third kappa shape index (κ3) is 3.52. The van der Waals surface area contributed by atoms with Crippen LogP contribution in [0.15, 0.2) is 35.3 Å². The van der Waals surface area contributed by atoms with Gasteiger partial charge in [0.2, 0.25) is 5.91 Å². The Balaban J connectivity index is 2.67. The number of nitrogens with one attached hydrogen (secondary N) is 1. The van der Waals surface area contributed by atoms with Crippen LogP contribution in [-0.2, 0) is 4.79 Å². The number of likely N-dealkylation sites (N-methyl/N-ethyl adjacent to an activating group) is 1. The molecule has 0 aliphatic carbocycles. The lowest BCUT2D eigenvalue weighted by atomic mass is 10.2. The normalized spacial score (nSPS) is 12.7. The fourth-order valence-electron chi connectivity index (χ4n) is 1.08. The SMILES string of the molecule is CNC(=O)[C@H](CO)N=Cc1ccccc1. The molecule has 4 heteroatoms. The van der Waals surface area contributed by atoms with Crippen LogP contribution in [0.25, 0.3) is 0 Å². The predicted octanol–water partition coefficient (Wildman–Crippen LogP) is 0.212. The summed E-state index contributed by atoms with van der Waals surface area (Å²) in [6.07, 6.45) is 1.58. The minimum atomic E-state index is -0.727. The maximum atomic E-state index is 11.2. The number of hydrogen-bond acceptors (Lipinski definition) is 3. The van der Waals surface area contributed by atoms with Crippen LogP contribution < -0.4 is 5.32 Å². The lowest BCUT2D eigenvalue weighted by molar-refractivity contribution is -0.122. The summed E-state index contributed by atoms with van der Waals surface area (Å²) in [5, 5.41) is 11.4. The number of aliphatic imine (C=N–C) groups is 1. The molecule has 0 unspecified atom stereocenters. The molecule has 15 heavy (non-hydrogen) atoms. The molecule has 2 N–H and O–H groups in total. The minimum Gasteiger partial charge on any atom is -0.394 e. The van der Waals surface area contributed by atoms with E-state index in [4.69, 9.17) is 5.11 Å². The Bertz CT molecular complexity index is 336. The Labute approximate surface area is 88.7 Å². The van der Waals surface area contributed by atoms with E-state index in [0.717, 1.165) is 5.56 Å². The van der Waals surface area contributed by atoms with E-state index in [0.29, 0.717) is 0 Å². The average Bonchev–Trinajstić information content (AvgIpc) is 2.31. The number of carbonyl (C=O) groups is 1. The molecule has 1 aromatic carbocycles. The van der Waals surface area contributed by atoms with E-state index in [1.807, 2.05) is 30.3 Å². The Morgan fingerprint density at radius 3 is 2.73 bits per heavy atom. The summed E-state index contributed by atoms with van der Waals surface area (Å²) in [5.74, 6) is -0.287. The molecule has 1 rings (SSSR count). The standard InChI is InChI=1S/C11H14N2O2/c1-12-11(15)10(8-14)13-7-9-5-3-2-4-6-9/h2-7,10,14H,8H2,1H3,(H,12,15)/t10-/m0/s1. The fraction of sp³-hybridized carbons (Fsp3) is 0.273. The molecule has 0 heterocycles. The van der Waals surface area contributed by atoms with Crippen molar-refractivity contribution in [1.82, 2.24) is 5.32 Å². The van der Waals surface area contributed by atoms with Gasteiger partial charge in [0.15, 0.2) is 6.04 Å². The summed E-state index contributed by atoms with van der Waals surface area (Å²) >= 11 is 0. The van der Waals surface area contributed by atoms with Gasteiger partial charge < -0.3 is 10.4 Å². The van der Waals surface area contributed by atoms with Gasteiger partial charge in [-0.15, -0.1) is 0 Å². The lowest BCUT2D eigenvalue weighted by Crippen LogP contribution is -2.33. The highest BCUT2D eigenvalue weighted by Crippen LogP contribution is 1.96. The predicted molar refractivity (Wildman–Crippen MR) is 59.0 cm³/mol. The van der Waals surface area contributed by atoms with Gasteiger partial charge in [0.25, 0.3) is 0 Å². The summed E-state index contributed by atoms with van der Waals surface area (Å²) < 4.78 is 0. The monoisotopic (exact) mass is 206 g/mol. The molecule has 0 aliphatic rings. The molecule has 0 aliphatic heterocycles. The minimum absolute atomic E-state index is 0.287. The van der Waals surface area contributed by atoms with Crippen molar-refractivity contribution in [1.29, 1.82) is 0 Å². The first-order valence-electron chi connectivity index (χ1n) is 4.68. The van der Waals surface area contributed by atoms with Crippen molar-refractivity contribution >= 4 is 12.1 Å². The number of hydrogen-bond donors (Lipinski definition) is 2. The molecule has 1 atom stereocenters. The van der Waals surface area contributed by atoms with Crippen molar-refractivity contribution in [3.8, 4) is 0 Å². The molecule has 1 aromatic rings. The molecule has 1 amide bonds. The van der Waals surface area contributed by atoms with Gasteiger partial charge in [-0.05, 0) is 5.56 Å². The van der Waals surface area contributed by atoms with Crippen molar-refractivity contribution in [2.45, 2.75) is 6.04 Å². The molecule has 4 nitrogen and oxygen atoms in total. The summed E-state index contributed by atoms with van der Waals surface area (Å²) in [7, 11) is 1.52. The second-order valence-electron chi connectivity index (χ2n) is 3.00. The molecule has 80 valence electrons. The summed E-state index contributed by atoms with van der Waals surface area (Å²) in [5.41, 5.74) is 0.903. The quantitative estimate of drug-likeness (QED) is 0.692. The van der Waals surface area contributed by atoms with Crippen LogP contribution in [0.3, 0.4) is 0 Å². The van der Waals surface area contributed by atoms with E-state index >= 15 is 0 Å². The van der Waals surface area contributed by atoms with Crippen molar-refractivity contribution in [2.24, 2.45) is 4.99 Å². The number of aliphatic hydroxyl groups excluding tert-OH is 1. The molecule has 0 bridgehead atoms. The van der Waals surface area contributed by atoms with Gasteiger partial charge in [-0.2, -0.15) is 0 Å². The van der Waals surface area contributed by atoms with E-state index < -0.39 is 6.04 Å². The second kappa shape index (κ2) is 5.93. The van der Waals surface area contributed by atoms with E-state index in [1.165, 1.54) is 7.05 Å². The third-order valence-electron chi connectivity index (χ3n) is 1.93. The van der Waals surface area contributed by atoms with E-state index in [1.54, 1.807) is 6.21 Å². The van der Waals surface area contributed by atoms with Gasteiger partial charge >= 0.3 is 0 Å². The van der Waals surface area contributed by atoms with Crippen LogP contribution in [0.4, 0.5) is 0 Å². The van der Waals surface area contributed by atoms with Gasteiger partial charge in [-0.3, -0.25) is 9.79 Å². The van der Waals surface area contributed by atoms with Gasteiger partial charge in [-0.1, -0.05) is 30.3 Å². The smallest absolute Gasteiger partial charge is 0.246 e. The number of amides is 1. The maximum absolute atomic E-state index is 11.2. The first kappa shape index (κ1) is 11.4. The first-order valence-corrected chi connectivity index (χ1v) is 4.68. The van der Waals surface area contributed by atoms with Gasteiger partial charge in [0, 0.05) is 13.3 Å². The molecule has 0 radical (unpaired) electrons. The van der Waals surface area contributed by atoms with Crippen molar-refractivity contribution in [3.63, 3.8) is 0 Å². The number of carbonyl (C=O) groups excluding carboxylic acids is 1. The van der Waals surface area contributed by atoms with Crippen LogP contribution in [0, 0.1) is 0 Å².